The third kappa shape index (κ3) is 3.82. The van der Waals surface area contributed by atoms with Crippen molar-refractivity contribution in [1.82, 2.24) is 0 Å². The minimum atomic E-state index is -1.55. The highest BCUT2D eigenvalue weighted by atomic mass is 19.1. The van der Waals surface area contributed by atoms with E-state index in [0.717, 1.165) is 5.56 Å². The predicted octanol–water partition coefficient (Wildman–Crippen LogP) is 4.81. The molecule has 0 saturated heterocycles. The minimum absolute atomic E-state index is 0.312. The van der Waals surface area contributed by atoms with Gasteiger partial charge in [-0.25, -0.2) is 8.78 Å². The molecule has 1 atom stereocenters. The zero-order chi connectivity index (χ0) is 18.6. The summed E-state index contributed by atoms with van der Waals surface area (Å²) in [5.41, 5.74) is 0.382. The van der Waals surface area contributed by atoms with E-state index in [-0.39, 0.29) is 0 Å². The van der Waals surface area contributed by atoms with Crippen LogP contribution in [0, 0.1) is 11.6 Å². The van der Waals surface area contributed by atoms with Gasteiger partial charge in [0.2, 0.25) is 0 Å². The second-order valence-corrected chi connectivity index (χ2v) is 6.22. The molecule has 0 aliphatic heterocycles. The molecule has 4 heteroatoms. The van der Waals surface area contributed by atoms with Crippen molar-refractivity contribution in [2.75, 3.05) is 0 Å². The third-order valence-corrected chi connectivity index (χ3v) is 4.50. The van der Waals surface area contributed by atoms with E-state index in [1.165, 1.54) is 48.5 Å². The molecule has 0 saturated carbocycles. The molecule has 134 valence electrons. The third-order valence-electron chi connectivity index (χ3n) is 4.50. The molecule has 2 nitrogen and oxygen atoms in total. The van der Waals surface area contributed by atoms with Gasteiger partial charge in [-0.15, -0.1) is 0 Å². The van der Waals surface area contributed by atoms with Crippen LogP contribution in [0.4, 0.5) is 8.78 Å². The summed E-state index contributed by atoms with van der Waals surface area (Å²) in [5.74, 6) is -0.791. The van der Waals surface area contributed by atoms with Crippen LogP contribution in [0.2, 0.25) is 0 Å². The van der Waals surface area contributed by atoms with Gasteiger partial charge in [-0.05, 0) is 47.9 Å². The zero-order valence-electron chi connectivity index (χ0n) is 14.4. The van der Waals surface area contributed by atoms with E-state index in [1.54, 1.807) is 6.92 Å². The van der Waals surface area contributed by atoms with Crippen LogP contribution in [0.15, 0.2) is 78.9 Å². The van der Waals surface area contributed by atoms with Gasteiger partial charge in [0, 0.05) is 0 Å². The summed E-state index contributed by atoms with van der Waals surface area (Å²) < 4.78 is 32.6. The first-order valence-electron chi connectivity index (χ1n) is 8.40. The molecule has 0 aliphatic carbocycles. The molecule has 3 aromatic carbocycles. The van der Waals surface area contributed by atoms with Gasteiger partial charge < -0.3 is 9.84 Å². The first kappa shape index (κ1) is 18.2. The summed E-state index contributed by atoms with van der Waals surface area (Å²) in [5, 5.41) is 11.5. The Morgan fingerprint density at radius 1 is 0.808 bits per heavy atom. The Balaban J connectivity index is 1.94. The molecule has 0 amide bonds. The monoisotopic (exact) mass is 354 g/mol. The Hall–Kier alpha value is -2.56. The maximum Gasteiger partial charge on any atom is 0.140 e. The van der Waals surface area contributed by atoms with Gasteiger partial charge in [0.1, 0.15) is 17.2 Å². The molecular weight excluding hydrogens is 334 g/mol. The van der Waals surface area contributed by atoms with Crippen LogP contribution in [0.3, 0.4) is 0 Å². The van der Waals surface area contributed by atoms with Crippen LogP contribution in [0.25, 0.3) is 0 Å². The van der Waals surface area contributed by atoms with Crippen LogP contribution in [0.1, 0.15) is 23.6 Å². The lowest BCUT2D eigenvalue weighted by atomic mass is 9.82. The van der Waals surface area contributed by atoms with Crippen molar-refractivity contribution in [2.45, 2.75) is 25.2 Å². The summed E-state index contributed by atoms with van der Waals surface area (Å²) in [6.45, 7) is 2.06. The quantitative estimate of drug-likeness (QED) is 0.689. The molecule has 1 N–H and O–H groups in total. The van der Waals surface area contributed by atoms with E-state index in [0.29, 0.717) is 17.7 Å². The van der Waals surface area contributed by atoms with Gasteiger partial charge in [0.25, 0.3) is 0 Å². The Kier molecular flexibility index (Phi) is 5.45. The molecule has 0 unspecified atom stereocenters. The van der Waals surface area contributed by atoms with E-state index in [4.69, 9.17) is 4.74 Å². The lowest BCUT2D eigenvalue weighted by molar-refractivity contribution is -0.0872. The predicted molar refractivity (Wildman–Crippen MR) is 96.5 cm³/mol. The molecular formula is C22H20F2O2. The Bertz CT molecular complexity index is 785. The number of benzene rings is 3. The summed E-state index contributed by atoms with van der Waals surface area (Å²) in [7, 11) is 0. The van der Waals surface area contributed by atoms with Crippen molar-refractivity contribution >= 4 is 0 Å². The average Bonchev–Trinajstić information content (AvgIpc) is 2.67. The van der Waals surface area contributed by atoms with Crippen molar-refractivity contribution in [2.24, 2.45) is 0 Å². The van der Waals surface area contributed by atoms with E-state index in [2.05, 4.69) is 0 Å². The van der Waals surface area contributed by atoms with Gasteiger partial charge in [-0.3, -0.25) is 0 Å². The normalized spacial score (nSPS) is 12.8. The fourth-order valence-electron chi connectivity index (χ4n) is 2.96. The Morgan fingerprint density at radius 2 is 1.27 bits per heavy atom. The molecule has 0 bridgehead atoms. The molecule has 3 rings (SSSR count). The smallest absolute Gasteiger partial charge is 0.140 e. The first-order chi connectivity index (χ1) is 12.5. The standard InChI is InChI=1S/C22H20F2O2/c1-16(26-15-17-5-3-2-4-6-17)22(25,18-7-11-20(23)12-8-18)19-9-13-21(24)14-10-19/h2-14,16,25H,15H2,1H3/t16-/m0/s1. The Labute approximate surface area is 151 Å². The van der Waals surface area contributed by atoms with Crippen LogP contribution in [0.5, 0.6) is 0 Å². The SMILES string of the molecule is C[C@H](OCc1ccccc1)C(O)(c1ccc(F)cc1)c1ccc(F)cc1. The fourth-order valence-corrected chi connectivity index (χ4v) is 2.96. The minimum Gasteiger partial charge on any atom is -0.378 e. The molecule has 0 aromatic heterocycles. The van der Waals surface area contributed by atoms with Crippen molar-refractivity contribution in [1.29, 1.82) is 0 Å². The molecule has 0 fully saturated rings. The van der Waals surface area contributed by atoms with E-state index < -0.39 is 23.3 Å². The number of hydrogen-bond acceptors (Lipinski definition) is 2. The number of aliphatic hydroxyl groups is 1. The topological polar surface area (TPSA) is 29.5 Å². The highest BCUT2D eigenvalue weighted by Gasteiger charge is 2.38. The van der Waals surface area contributed by atoms with E-state index in [9.17, 15) is 13.9 Å². The van der Waals surface area contributed by atoms with Gasteiger partial charge in [0.05, 0.1) is 12.7 Å². The maximum absolute atomic E-state index is 13.3. The summed E-state index contributed by atoms with van der Waals surface area (Å²) in [6.07, 6.45) is -0.654. The summed E-state index contributed by atoms with van der Waals surface area (Å²) in [6, 6.07) is 20.8. The highest BCUT2D eigenvalue weighted by Crippen LogP contribution is 2.35. The van der Waals surface area contributed by atoms with Crippen molar-refractivity contribution in [3.63, 3.8) is 0 Å². The lowest BCUT2D eigenvalue weighted by Gasteiger charge is -2.35. The van der Waals surface area contributed by atoms with E-state index >= 15 is 0 Å². The summed E-state index contributed by atoms with van der Waals surface area (Å²) in [4.78, 5) is 0. The second-order valence-electron chi connectivity index (χ2n) is 6.22. The van der Waals surface area contributed by atoms with Crippen LogP contribution >= 0.6 is 0 Å². The number of ether oxygens (including phenoxy) is 1. The van der Waals surface area contributed by atoms with Crippen molar-refractivity contribution in [3.8, 4) is 0 Å². The van der Waals surface area contributed by atoms with Crippen LogP contribution in [-0.4, -0.2) is 11.2 Å². The molecule has 0 spiro atoms. The maximum atomic E-state index is 13.3. The Morgan fingerprint density at radius 3 is 1.73 bits per heavy atom. The van der Waals surface area contributed by atoms with Gasteiger partial charge >= 0.3 is 0 Å². The molecule has 26 heavy (non-hydrogen) atoms. The van der Waals surface area contributed by atoms with Crippen molar-refractivity contribution < 1.29 is 18.6 Å². The van der Waals surface area contributed by atoms with E-state index in [1.807, 2.05) is 30.3 Å². The number of rotatable bonds is 6. The van der Waals surface area contributed by atoms with Crippen LogP contribution < -0.4 is 0 Å². The second kappa shape index (κ2) is 7.77. The zero-order valence-corrected chi connectivity index (χ0v) is 14.4. The highest BCUT2D eigenvalue weighted by molar-refractivity contribution is 5.37. The largest absolute Gasteiger partial charge is 0.378 e. The molecule has 0 radical (unpaired) electrons. The lowest BCUT2D eigenvalue weighted by Crippen LogP contribution is -2.40. The number of hydrogen-bond donors (Lipinski definition) is 1. The summed E-state index contributed by atoms with van der Waals surface area (Å²) >= 11 is 0. The molecule has 0 aliphatic rings. The van der Waals surface area contributed by atoms with Gasteiger partial charge in [0.15, 0.2) is 0 Å². The average molecular weight is 354 g/mol. The number of halogens is 2. The van der Waals surface area contributed by atoms with Gasteiger partial charge in [-0.1, -0.05) is 54.6 Å². The molecule has 3 aromatic rings. The first-order valence-corrected chi connectivity index (χ1v) is 8.40. The fraction of sp³-hybridized carbons (Fsp3) is 0.182. The van der Waals surface area contributed by atoms with Gasteiger partial charge in [-0.2, -0.15) is 0 Å². The molecule has 0 heterocycles. The van der Waals surface area contributed by atoms with Crippen LogP contribution in [-0.2, 0) is 16.9 Å². The van der Waals surface area contributed by atoms with Crippen molar-refractivity contribution in [3.05, 3.63) is 107 Å².